The maximum atomic E-state index is 4.27. The van der Waals surface area contributed by atoms with E-state index in [2.05, 4.69) is 32.4 Å². The second-order valence-electron chi connectivity index (χ2n) is 4.09. The average Bonchev–Trinajstić information content (AvgIpc) is 2.80. The molecule has 0 aliphatic heterocycles. The number of aromatic nitrogens is 4. The van der Waals surface area contributed by atoms with E-state index in [0.717, 1.165) is 17.9 Å². The first-order valence-corrected chi connectivity index (χ1v) is 5.74. The van der Waals surface area contributed by atoms with E-state index >= 15 is 0 Å². The molecule has 18 heavy (non-hydrogen) atoms. The molecule has 1 aromatic carbocycles. The fourth-order valence-electron chi connectivity index (χ4n) is 1.90. The van der Waals surface area contributed by atoms with Gasteiger partial charge in [-0.15, -0.1) is 0 Å². The zero-order chi connectivity index (χ0) is 12.4. The topological polar surface area (TPSA) is 55.6 Å². The number of anilines is 1. The van der Waals surface area contributed by atoms with Crippen molar-refractivity contribution in [3.05, 3.63) is 48.5 Å². The van der Waals surface area contributed by atoms with Gasteiger partial charge in [0, 0.05) is 13.6 Å². The smallest absolute Gasteiger partial charge is 0.182 e. The van der Waals surface area contributed by atoms with Gasteiger partial charge in [-0.05, 0) is 5.56 Å². The first kappa shape index (κ1) is 10.7. The molecule has 0 aliphatic carbocycles. The normalized spacial score (nSPS) is 10.7. The number of rotatable bonds is 3. The molecule has 3 rings (SSSR count). The van der Waals surface area contributed by atoms with Crippen molar-refractivity contribution < 1.29 is 0 Å². The lowest BCUT2D eigenvalue weighted by atomic mass is 10.2. The highest BCUT2D eigenvalue weighted by molar-refractivity contribution is 5.82. The third kappa shape index (κ3) is 1.90. The minimum absolute atomic E-state index is 0.711. The monoisotopic (exact) mass is 239 g/mol. The molecule has 0 saturated heterocycles. The van der Waals surface area contributed by atoms with Gasteiger partial charge in [-0.2, -0.15) is 0 Å². The van der Waals surface area contributed by atoms with E-state index in [-0.39, 0.29) is 0 Å². The highest BCUT2D eigenvalue weighted by Gasteiger charge is 2.07. The van der Waals surface area contributed by atoms with E-state index in [0.29, 0.717) is 5.65 Å². The Bertz CT molecular complexity index is 659. The van der Waals surface area contributed by atoms with Gasteiger partial charge in [-0.1, -0.05) is 30.3 Å². The summed E-state index contributed by atoms with van der Waals surface area (Å²) in [7, 11) is 1.94. The number of fused-ring (bicyclic) bond motifs is 1. The fraction of sp³-hybridized carbons (Fsp3) is 0.154. The largest absolute Gasteiger partial charge is 0.364 e. The molecule has 90 valence electrons. The Morgan fingerprint density at radius 2 is 1.94 bits per heavy atom. The second kappa shape index (κ2) is 4.44. The Morgan fingerprint density at radius 1 is 1.11 bits per heavy atom. The summed E-state index contributed by atoms with van der Waals surface area (Å²) < 4.78 is 1.92. The van der Waals surface area contributed by atoms with Gasteiger partial charge in [0.25, 0.3) is 0 Å². The van der Waals surface area contributed by atoms with Crippen molar-refractivity contribution in [2.24, 2.45) is 7.05 Å². The van der Waals surface area contributed by atoms with Crippen LogP contribution in [0.3, 0.4) is 0 Å². The molecular weight excluding hydrogens is 226 g/mol. The molecule has 3 aromatic rings. The molecule has 0 spiro atoms. The number of nitrogens with zero attached hydrogens (tertiary/aromatic N) is 4. The molecule has 0 radical (unpaired) electrons. The zero-order valence-corrected chi connectivity index (χ0v) is 10.0. The van der Waals surface area contributed by atoms with Crippen molar-refractivity contribution in [2.45, 2.75) is 6.54 Å². The lowest BCUT2D eigenvalue weighted by Crippen LogP contribution is -2.03. The summed E-state index contributed by atoms with van der Waals surface area (Å²) in [6.07, 6.45) is 3.27. The van der Waals surface area contributed by atoms with Crippen LogP contribution in [0.4, 0.5) is 5.82 Å². The summed E-state index contributed by atoms with van der Waals surface area (Å²) in [5.41, 5.74) is 2.85. The van der Waals surface area contributed by atoms with Gasteiger partial charge in [0.15, 0.2) is 11.5 Å². The van der Waals surface area contributed by atoms with Crippen LogP contribution in [0.15, 0.2) is 43.0 Å². The molecule has 0 fully saturated rings. The van der Waals surface area contributed by atoms with Gasteiger partial charge in [-0.25, -0.2) is 15.0 Å². The third-order valence-electron chi connectivity index (χ3n) is 2.81. The molecular formula is C13H13N5. The fourth-order valence-corrected chi connectivity index (χ4v) is 1.90. The van der Waals surface area contributed by atoms with Gasteiger partial charge in [0.2, 0.25) is 0 Å². The predicted molar refractivity (Wildman–Crippen MR) is 70.1 cm³/mol. The summed E-state index contributed by atoms with van der Waals surface area (Å²) in [5.74, 6) is 0.809. The molecule has 0 unspecified atom stereocenters. The highest BCUT2D eigenvalue weighted by atomic mass is 15.1. The lowest BCUT2D eigenvalue weighted by molar-refractivity contribution is 0.942. The summed E-state index contributed by atoms with van der Waals surface area (Å²) in [5, 5.41) is 3.32. The van der Waals surface area contributed by atoms with Gasteiger partial charge in [0.1, 0.15) is 11.8 Å². The Labute approximate surface area is 105 Å². The molecule has 0 bridgehead atoms. The molecule has 5 nitrogen and oxygen atoms in total. The number of nitrogens with one attached hydrogen (secondary N) is 1. The first-order valence-electron chi connectivity index (χ1n) is 5.74. The maximum absolute atomic E-state index is 4.27. The van der Waals surface area contributed by atoms with Crippen molar-refractivity contribution in [2.75, 3.05) is 5.32 Å². The summed E-state index contributed by atoms with van der Waals surface area (Å²) in [6.45, 7) is 0.734. The molecule has 1 N–H and O–H groups in total. The molecule has 0 aliphatic rings. The van der Waals surface area contributed by atoms with Crippen LogP contribution in [0, 0.1) is 0 Å². The third-order valence-corrected chi connectivity index (χ3v) is 2.81. The van der Waals surface area contributed by atoms with Crippen LogP contribution in [-0.4, -0.2) is 19.5 Å². The van der Waals surface area contributed by atoms with Crippen LogP contribution < -0.4 is 5.32 Å². The van der Waals surface area contributed by atoms with Crippen LogP contribution in [-0.2, 0) is 13.6 Å². The molecule has 5 heteroatoms. The maximum Gasteiger partial charge on any atom is 0.182 e. The van der Waals surface area contributed by atoms with Gasteiger partial charge >= 0.3 is 0 Å². The van der Waals surface area contributed by atoms with E-state index in [4.69, 9.17) is 0 Å². The molecule has 0 saturated carbocycles. The number of hydrogen-bond donors (Lipinski definition) is 1. The van der Waals surface area contributed by atoms with Crippen molar-refractivity contribution in [1.29, 1.82) is 0 Å². The van der Waals surface area contributed by atoms with Crippen LogP contribution >= 0.6 is 0 Å². The van der Waals surface area contributed by atoms with Crippen molar-refractivity contribution in [3.63, 3.8) is 0 Å². The van der Waals surface area contributed by atoms with Gasteiger partial charge in [0.05, 0.1) is 6.33 Å². The number of hydrogen-bond acceptors (Lipinski definition) is 4. The van der Waals surface area contributed by atoms with Crippen molar-refractivity contribution in [1.82, 2.24) is 19.5 Å². The number of imidazole rings is 1. The highest BCUT2D eigenvalue weighted by Crippen LogP contribution is 2.17. The zero-order valence-electron chi connectivity index (χ0n) is 10.0. The predicted octanol–water partition coefficient (Wildman–Crippen LogP) is 1.98. The van der Waals surface area contributed by atoms with Gasteiger partial charge < -0.3 is 9.88 Å². The van der Waals surface area contributed by atoms with Crippen LogP contribution in [0.1, 0.15) is 5.56 Å². The minimum Gasteiger partial charge on any atom is -0.364 e. The molecule has 0 amide bonds. The van der Waals surface area contributed by atoms with Crippen molar-refractivity contribution >= 4 is 17.0 Å². The van der Waals surface area contributed by atoms with E-state index < -0.39 is 0 Å². The SMILES string of the molecule is Cn1cnc2ncnc(NCc3ccccc3)c21. The van der Waals surface area contributed by atoms with E-state index in [1.807, 2.05) is 29.8 Å². The van der Waals surface area contributed by atoms with Gasteiger partial charge in [-0.3, -0.25) is 0 Å². The summed E-state index contributed by atoms with van der Waals surface area (Å²) in [6, 6.07) is 10.2. The Morgan fingerprint density at radius 3 is 2.78 bits per heavy atom. The van der Waals surface area contributed by atoms with Crippen LogP contribution in [0.5, 0.6) is 0 Å². The molecule has 2 aromatic heterocycles. The number of aryl methyl sites for hydroxylation is 1. The van der Waals surface area contributed by atoms with Crippen LogP contribution in [0.2, 0.25) is 0 Å². The molecule has 0 atom stereocenters. The van der Waals surface area contributed by atoms with Crippen molar-refractivity contribution in [3.8, 4) is 0 Å². The van der Waals surface area contributed by atoms with E-state index in [9.17, 15) is 0 Å². The Balaban J connectivity index is 1.89. The first-order chi connectivity index (χ1) is 8.84. The molecule has 2 heterocycles. The summed E-state index contributed by atoms with van der Waals surface area (Å²) in [4.78, 5) is 12.6. The average molecular weight is 239 g/mol. The Hall–Kier alpha value is -2.43. The van der Waals surface area contributed by atoms with E-state index in [1.165, 1.54) is 11.9 Å². The van der Waals surface area contributed by atoms with Crippen LogP contribution in [0.25, 0.3) is 11.2 Å². The Kier molecular flexibility index (Phi) is 2.64. The minimum atomic E-state index is 0.711. The number of benzene rings is 1. The summed E-state index contributed by atoms with van der Waals surface area (Å²) >= 11 is 0. The lowest BCUT2D eigenvalue weighted by Gasteiger charge is -2.07. The van der Waals surface area contributed by atoms with E-state index in [1.54, 1.807) is 6.33 Å². The second-order valence-corrected chi connectivity index (χ2v) is 4.09. The standard InChI is InChI=1S/C13H13N5/c1-18-9-17-13-11(18)12(15-8-16-13)14-7-10-5-3-2-4-6-10/h2-6,8-9H,7H2,1H3,(H,14,15,16). The quantitative estimate of drug-likeness (QED) is 0.759.